The van der Waals surface area contributed by atoms with Gasteiger partial charge in [0.25, 0.3) is 11.5 Å². The lowest BCUT2D eigenvalue weighted by molar-refractivity contribution is -0.139. The van der Waals surface area contributed by atoms with Crippen molar-refractivity contribution in [3.8, 4) is 0 Å². The van der Waals surface area contributed by atoms with Crippen LogP contribution in [-0.2, 0) is 11.8 Å². The number of nitrogens with one attached hydrogen (secondary N) is 1. The number of aliphatic carboxylic acids is 1. The Morgan fingerprint density at radius 2 is 2.18 bits per heavy atom. The Bertz CT molecular complexity index is 495. The highest BCUT2D eigenvalue weighted by atomic mass is 16.4. The van der Waals surface area contributed by atoms with Crippen LogP contribution in [0, 0.1) is 0 Å². The van der Waals surface area contributed by atoms with E-state index in [1.54, 1.807) is 6.92 Å². The summed E-state index contributed by atoms with van der Waals surface area (Å²) >= 11 is 0. The zero-order valence-electron chi connectivity index (χ0n) is 9.51. The van der Waals surface area contributed by atoms with E-state index in [2.05, 4.69) is 10.4 Å². The van der Waals surface area contributed by atoms with Gasteiger partial charge < -0.3 is 10.4 Å². The van der Waals surface area contributed by atoms with Crippen LogP contribution in [-0.4, -0.2) is 32.8 Å². The van der Waals surface area contributed by atoms with Crippen molar-refractivity contribution in [2.75, 3.05) is 0 Å². The summed E-state index contributed by atoms with van der Waals surface area (Å²) in [6.07, 6.45) is 0.271. The van der Waals surface area contributed by atoms with Gasteiger partial charge in [0, 0.05) is 13.1 Å². The zero-order valence-corrected chi connectivity index (χ0v) is 9.51. The van der Waals surface area contributed by atoms with E-state index in [4.69, 9.17) is 5.11 Å². The molecule has 0 aliphatic carbocycles. The van der Waals surface area contributed by atoms with Crippen LogP contribution in [0.4, 0.5) is 0 Å². The zero-order chi connectivity index (χ0) is 13.0. The lowest BCUT2D eigenvalue weighted by atomic mass is 10.2. The van der Waals surface area contributed by atoms with Crippen LogP contribution >= 0.6 is 0 Å². The maximum atomic E-state index is 11.6. The van der Waals surface area contributed by atoms with Crippen LogP contribution in [0.1, 0.15) is 23.8 Å². The Balaban J connectivity index is 2.86. The van der Waals surface area contributed by atoms with Gasteiger partial charge in [-0.15, -0.1) is 0 Å². The van der Waals surface area contributed by atoms with E-state index in [0.717, 1.165) is 4.68 Å². The van der Waals surface area contributed by atoms with Crippen molar-refractivity contribution in [3.05, 3.63) is 28.2 Å². The molecular weight excluding hydrogens is 226 g/mol. The minimum Gasteiger partial charge on any atom is -0.480 e. The van der Waals surface area contributed by atoms with Crippen LogP contribution in [0.5, 0.6) is 0 Å². The molecule has 0 saturated carbocycles. The standard InChI is InChI=1S/C10H13N3O4/c1-3-6(10(16)17)11-9(15)7-4-5-8(14)13(2)12-7/h4-6H,3H2,1-2H3,(H,11,15)(H,16,17)/t6-/m0/s1. The van der Waals surface area contributed by atoms with E-state index in [-0.39, 0.29) is 17.7 Å². The minimum absolute atomic E-state index is 0.00630. The van der Waals surface area contributed by atoms with Gasteiger partial charge in [-0.3, -0.25) is 9.59 Å². The van der Waals surface area contributed by atoms with Crippen LogP contribution in [0.2, 0.25) is 0 Å². The Morgan fingerprint density at radius 1 is 1.53 bits per heavy atom. The SMILES string of the molecule is CC[C@H](NC(=O)c1ccc(=O)n(C)n1)C(=O)O. The van der Waals surface area contributed by atoms with Crippen molar-refractivity contribution in [2.45, 2.75) is 19.4 Å². The first-order valence-electron chi connectivity index (χ1n) is 5.03. The largest absolute Gasteiger partial charge is 0.480 e. The first kappa shape index (κ1) is 12.9. The van der Waals surface area contributed by atoms with Gasteiger partial charge >= 0.3 is 5.97 Å². The Labute approximate surface area is 97.1 Å². The maximum Gasteiger partial charge on any atom is 0.326 e. The number of carbonyl (C=O) groups is 2. The van der Waals surface area contributed by atoms with Gasteiger partial charge in [-0.25, -0.2) is 9.48 Å². The average Bonchev–Trinajstić information content (AvgIpc) is 2.28. The molecule has 1 atom stereocenters. The van der Waals surface area contributed by atoms with Crippen LogP contribution in [0.3, 0.4) is 0 Å². The van der Waals surface area contributed by atoms with E-state index in [9.17, 15) is 14.4 Å². The molecule has 1 aromatic rings. The average molecular weight is 239 g/mol. The summed E-state index contributed by atoms with van der Waals surface area (Å²) in [5.41, 5.74) is -0.335. The number of rotatable bonds is 4. The van der Waals surface area contributed by atoms with Crippen molar-refractivity contribution >= 4 is 11.9 Å². The molecule has 0 saturated heterocycles. The van der Waals surface area contributed by atoms with Gasteiger partial charge in [0.2, 0.25) is 0 Å². The quantitative estimate of drug-likeness (QED) is 0.728. The third kappa shape index (κ3) is 3.13. The fraction of sp³-hybridized carbons (Fsp3) is 0.400. The number of carboxylic acids is 1. The highest BCUT2D eigenvalue weighted by Crippen LogP contribution is 1.95. The summed E-state index contributed by atoms with van der Waals surface area (Å²) in [6.45, 7) is 1.65. The molecule has 0 aliphatic heterocycles. The van der Waals surface area contributed by atoms with Gasteiger partial charge in [-0.05, 0) is 12.5 Å². The van der Waals surface area contributed by atoms with Gasteiger partial charge in [0.15, 0.2) is 0 Å². The minimum atomic E-state index is -1.11. The fourth-order valence-corrected chi connectivity index (χ4v) is 1.19. The molecule has 1 rings (SSSR count). The van der Waals surface area contributed by atoms with Crippen molar-refractivity contribution in [1.82, 2.24) is 15.1 Å². The summed E-state index contributed by atoms with van der Waals surface area (Å²) in [5.74, 6) is -1.72. The first-order chi connectivity index (χ1) is 7.95. The van der Waals surface area contributed by atoms with Gasteiger partial charge in [0.05, 0.1) is 0 Å². The molecular formula is C10H13N3O4. The molecule has 0 spiro atoms. The topological polar surface area (TPSA) is 101 Å². The summed E-state index contributed by atoms with van der Waals surface area (Å²) in [7, 11) is 1.41. The predicted octanol–water partition coefficient (Wildman–Crippen LogP) is -0.627. The maximum absolute atomic E-state index is 11.6. The Hall–Kier alpha value is -2.18. The molecule has 17 heavy (non-hydrogen) atoms. The van der Waals surface area contributed by atoms with Gasteiger partial charge in [-0.2, -0.15) is 5.10 Å². The van der Waals surface area contributed by atoms with Crippen molar-refractivity contribution in [1.29, 1.82) is 0 Å². The Kier molecular flexibility index (Phi) is 3.97. The summed E-state index contributed by atoms with van der Waals surface area (Å²) in [5, 5.41) is 14.8. The molecule has 1 heterocycles. The molecule has 92 valence electrons. The number of aryl methyl sites for hydroxylation is 1. The molecule has 0 radical (unpaired) electrons. The number of hydrogen-bond donors (Lipinski definition) is 2. The molecule has 2 N–H and O–H groups in total. The Morgan fingerprint density at radius 3 is 2.65 bits per heavy atom. The van der Waals surface area contributed by atoms with Crippen molar-refractivity contribution in [3.63, 3.8) is 0 Å². The second-order valence-corrected chi connectivity index (χ2v) is 3.45. The third-order valence-electron chi connectivity index (χ3n) is 2.20. The van der Waals surface area contributed by atoms with E-state index >= 15 is 0 Å². The number of carboxylic acid groups (broad SMARTS) is 1. The highest BCUT2D eigenvalue weighted by Gasteiger charge is 2.19. The lowest BCUT2D eigenvalue weighted by Gasteiger charge is -2.11. The lowest BCUT2D eigenvalue weighted by Crippen LogP contribution is -2.41. The molecule has 0 bridgehead atoms. The normalized spacial score (nSPS) is 11.9. The van der Waals surface area contributed by atoms with Crippen LogP contribution in [0.15, 0.2) is 16.9 Å². The van der Waals surface area contributed by atoms with E-state index < -0.39 is 17.9 Å². The van der Waals surface area contributed by atoms with Crippen molar-refractivity contribution in [2.24, 2.45) is 7.05 Å². The van der Waals surface area contributed by atoms with Gasteiger partial charge in [-0.1, -0.05) is 6.92 Å². The second-order valence-electron chi connectivity index (χ2n) is 3.45. The fourth-order valence-electron chi connectivity index (χ4n) is 1.19. The molecule has 1 amide bonds. The van der Waals surface area contributed by atoms with Crippen LogP contribution < -0.4 is 10.9 Å². The first-order valence-corrected chi connectivity index (χ1v) is 5.03. The molecule has 0 fully saturated rings. The summed E-state index contributed by atoms with van der Waals surface area (Å²) in [4.78, 5) is 33.4. The smallest absolute Gasteiger partial charge is 0.326 e. The van der Waals surface area contributed by atoms with Crippen molar-refractivity contribution < 1.29 is 14.7 Å². The molecule has 0 aromatic carbocycles. The van der Waals surface area contributed by atoms with E-state index in [0.29, 0.717) is 0 Å². The highest BCUT2D eigenvalue weighted by molar-refractivity contribution is 5.94. The van der Waals surface area contributed by atoms with E-state index in [1.807, 2.05) is 0 Å². The monoisotopic (exact) mass is 239 g/mol. The molecule has 7 nitrogen and oxygen atoms in total. The number of nitrogens with zero attached hydrogens (tertiary/aromatic N) is 2. The molecule has 7 heteroatoms. The number of aromatic nitrogens is 2. The van der Waals surface area contributed by atoms with Crippen LogP contribution in [0.25, 0.3) is 0 Å². The summed E-state index contributed by atoms with van der Waals surface area (Å²) in [6, 6.07) is 1.50. The number of hydrogen-bond acceptors (Lipinski definition) is 4. The second kappa shape index (κ2) is 5.24. The molecule has 0 aliphatic rings. The number of carbonyl (C=O) groups excluding carboxylic acids is 1. The molecule has 1 aromatic heterocycles. The molecule has 0 unspecified atom stereocenters. The third-order valence-corrected chi connectivity index (χ3v) is 2.20. The van der Waals surface area contributed by atoms with E-state index in [1.165, 1.54) is 19.2 Å². The summed E-state index contributed by atoms with van der Waals surface area (Å²) < 4.78 is 1.01. The van der Waals surface area contributed by atoms with Gasteiger partial charge in [0.1, 0.15) is 11.7 Å². The predicted molar refractivity (Wildman–Crippen MR) is 58.7 cm³/mol. The number of amides is 1.